The first-order valence-electron chi connectivity index (χ1n) is 9.22. The van der Waals surface area contributed by atoms with Gasteiger partial charge in [0.05, 0.1) is 17.2 Å². The Morgan fingerprint density at radius 2 is 1.96 bits per heavy atom. The molecule has 0 fully saturated rings. The van der Waals surface area contributed by atoms with E-state index in [1.54, 1.807) is 16.0 Å². The third-order valence-electron chi connectivity index (χ3n) is 4.67. The summed E-state index contributed by atoms with van der Waals surface area (Å²) in [6, 6.07) is 12.3. The molecule has 1 aliphatic carbocycles. The zero-order valence-electron chi connectivity index (χ0n) is 15.1. The van der Waals surface area contributed by atoms with Crippen LogP contribution in [-0.4, -0.2) is 30.4 Å². The second-order valence-corrected chi connectivity index (χ2v) is 8.74. The lowest BCUT2D eigenvalue weighted by Crippen LogP contribution is -2.03. The number of fused-ring (bicyclic) bond motifs is 1. The van der Waals surface area contributed by atoms with E-state index in [1.165, 1.54) is 41.5 Å². The SMILES string of the molecule is c1ccc(Cn2nnnc2SCc2nnc(-c3cc4c(s3)CCCC4)o2)cc1. The molecule has 0 unspecified atom stereocenters. The third kappa shape index (κ3) is 3.72. The highest BCUT2D eigenvalue weighted by atomic mass is 32.2. The van der Waals surface area contributed by atoms with Crippen molar-refractivity contribution in [2.45, 2.75) is 43.1 Å². The van der Waals surface area contributed by atoms with Gasteiger partial charge in [-0.3, -0.25) is 0 Å². The van der Waals surface area contributed by atoms with Crippen molar-refractivity contribution in [3.63, 3.8) is 0 Å². The minimum atomic E-state index is 0.535. The molecular weight excluding hydrogens is 392 g/mol. The smallest absolute Gasteiger partial charge is 0.257 e. The van der Waals surface area contributed by atoms with E-state index < -0.39 is 0 Å². The van der Waals surface area contributed by atoms with Crippen LogP contribution in [0.15, 0.2) is 46.0 Å². The molecule has 1 aliphatic rings. The number of aromatic nitrogens is 6. The van der Waals surface area contributed by atoms with Crippen LogP contribution in [0.2, 0.25) is 0 Å². The molecule has 28 heavy (non-hydrogen) atoms. The number of hydrogen-bond donors (Lipinski definition) is 0. The zero-order chi connectivity index (χ0) is 18.8. The standard InChI is InChI=1S/C19H18N6OS2/c1-2-6-13(7-3-1)11-25-19(22-23-24-25)27-12-17-20-21-18(26-17)16-10-14-8-4-5-9-15(14)28-16/h1-3,6-7,10H,4-5,8-9,11-12H2. The Balaban J connectivity index is 1.26. The van der Waals surface area contributed by atoms with E-state index in [4.69, 9.17) is 4.42 Å². The van der Waals surface area contributed by atoms with E-state index in [1.807, 2.05) is 18.2 Å². The number of thioether (sulfide) groups is 1. The Kier molecular flexibility index (Phi) is 4.92. The number of nitrogens with zero attached hydrogens (tertiary/aromatic N) is 6. The fourth-order valence-corrected chi connectivity index (χ4v) is 5.18. The largest absolute Gasteiger partial charge is 0.419 e. The van der Waals surface area contributed by atoms with Gasteiger partial charge < -0.3 is 4.42 Å². The van der Waals surface area contributed by atoms with Crippen LogP contribution in [0.1, 0.15) is 34.7 Å². The predicted molar refractivity (Wildman–Crippen MR) is 107 cm³/mol. The van der Waals surface area contributed by atoms with Gasteiger partial charge in [-0.1, -0.05) is 42.1 Å². The van der Waals surface area contributed by atoms with Crippen molar-refractivity contribution in [3.8, 4) is 10.8 Å². The Morgan fingerprint density at radius 1 is 1.07 bits per heavy atom. The highest BCUT2D eigenvalue weighted by Crippen LogP contribution is 2.35. The number of benzene rings is 1. The first kappa shape index (κ1) is 17.6. The van der Waals surface area contributed by atoms with E-state index in [9.17, 15) is 0 Å². The van der Waals surface area contributed by atoms with Crippen LogP contribution in [0, 0.1) is 0 Å². The normalized spacial score (nSPS) is 13.6. The van der Waals surface area contributed by atoms with E-state index in [2.05, 4.69) is 43.9 Å². The van der Waals surface area contributed by atoms with Crippen LogP contribution in [0.25, 0.3) is 10.8 Å². The van der Waals surface area contributed by atoms with Crippen LogP contribution < -0.4 is 0 Å². The first-order valence-corrected chi connectivity index (χ1v) is 11.0. The topological polar surface area (TPSA) is 82.5 Å². The summed E-state index contributed by atoms with van der Waals surface area (Å²) in [5.74, 6) is 1.73. The van der Waals surface area contributed by atoms with Gasteiger partial charge in [0.2, 0.25) is 11.0 Å². The maximum absolute atomic E-state index is 5.89. The lowest BCUT2D eigenvalue weighted by molar-refractivity contribution is 0.529. The molecule has 142 valence electrons. The van der Waals surface area contributed by atoms with Crippen LogP contribution in [0.5, 0.6) is 0 Å². The maximum Gasteiger partial charge on any atom is 0.257 e. The molecule has 0 N–H and O–H groups in total. The van der Waals surface area contributed by atoms with Crippen LogP contribution in [-0.2, 0) is 25.1 Å². The molecule has 7 nitrogen and oxygen atoms in total. The number of hydrogen-bond acceptors (Lipinski definition) is 8. The Bertz CT molecular complexity index is 1050. The van der Waals surface area contributed by atoms with Gasteiger partial charge in [0.25, 0.3) is 5.89 Å². The van der Waals surface area contributed by atoms with Gasteiger partial charge in [-0.05, 0) is 53.3 Å². The monoisotopic (exact) mass is 410 g/mol. The molecule has 3 aromatic heterocycles. The quantitative estimate of drug-likeness (QED) is 0.444. The zero-order valence-corrected chi connectivity index (χ0v) is 16.7. The van der Waals surface area contributed by atoms with Gasteiger partial charge in [0.15, 0.2) is 0 Å². The summed E-state index contributed by atoms with van der Waals surface area (Å²) in [5.41, 5.74) is 2.60. The molecule has 0 radical (unpaired) electrons. The molecule has 0 spiro atoms. The van der Waals surface area contributed by atoms with Gasteiger partial charge in [-0.2, -0.15) is 0 Å². The maximum atomic E-state index is 5.89. The molecule has 3 heterocycles. The molecule has 0 aliphatic heterocycles. The molecule has 0 saturated heterocycles. The van der Waals surface area contributed by atoms with E-state index in [0.717, 1.165) is 22.0 Å². The Labute approximate surface area is 170 Å². The van der Waals surface area contributed by atoms with Crippen molar-refractivity contribution >= 4 is 23.1 Å². The van der Waals surface area contributed by atoms with Crippen molar-refractivity contribution in [3.05, 3.63) is 58.3 Å². The number of aryl methyl sites for hydroxylation is 2. The lowest BCUT2D eigenvalue weighted by Gasteiger charge is -2.08. The number of tetrazole rings is 1. The molecular formula is C19H18N6OS2. The van der Waals surface area contributed by atoms with Crippen molar-refractivity contribution in [1.29, 1.82) is 0 Å². The summed E-state index contributed by atoms with van der Waals surface area (Å²) < 4.78 is 7.68. The van der Waals surface area contributed by atoms with Crippen molar-refractivity contribution < 1.29 is 4.42 Å². The molecule has 5 rings (SSSR count). The molecule has 4 aromatic rings. The van der Waals surface area contributed by atoms with Crippen LogP contribution >= 0.6 is 23.1 Å². The lowest BCUT2D eigenvalue weighted by atomic mass is 9.99. The fourth-order valence-electron chi connectivity index (χ4n) is 3.29. The van der Waals surface area contributed by atoms with E-state index in [-0.39, 0.29) is 0 Å². The summed E-state index contributed by atoms with van der Waals surface area (Å²) in [6.07, 6.45) is 4.87. The summed E-state index contributed by atoms with van der Waals surface area (Å²) >= 11 is 3.28. The minimum Gasteiger partial charge on any atom is -0.419 e. The third-order valence-corrected chi connectivity index (χ3v) is 6.84. The molecule has 1 aromatic carbocycles. The van der Waals surface area contributed by atoms with E-state index in [0.29, 0.717) is 24.1 Å². The second kappa shape index (κ2) is 7.84. The molecule has 0 atom stereocenters. The van der Waals surface area contributed by atoms with Crippen LogP contribution in [0.4, 0.5) is 0 Å². The average Bonchev–Trinajstić information content (AvgIpc) is 3.46. The minimum absolute atomic E-state index is 0.535. The molecule has 0 bridgehead atoms. The summed E-state index contributed by atoms with van der Waals surface area (Å²) in [5, 5.41) is 21.2. The predicted octanol–water partition coefficient (Wildman–Crippen LogP) is 4.00. The first-order chi connectivity index (χ1) is 13.8. The summed E-state index contributed by atoms with van der Waals surface area (Å²) in [4.78, 5) is 2.54. The second-order valence-electron chi connectivity index (χ2n) is 6.66. The number of thiophene rings is 1. The Morgan fingerprint density at radius 3 is 2.86 bits per heavy atom. The summed E-state index contributed by atoms with van der Waals surface area (Å²) in [6.45, 7) is 0.631. The highest BCUT2D eigenvalue weighted by molar-refractivity contribution is 7.98. The molecule has 9 heteroatoms. The van der Waals surface area contributed by atoms with Crippen LogP contribution in [0.3, 0.4) is 0 Å². The van der Waals surface area contributed by atoms with Crippen molar-refractivity contribution in [2.75, 3.05) is 0 Å². The molecule has 0 amide bonds. The van der Waals surface area contributed by atoms with Crippen molar-refractivity contribution in [2.24, 2.45) is 0 Å². The van der Waals surface area contributed by atoms with Gasteiger partial charge in [-0.25, -0.2) is 4.68 Å². The van der Waals surface area contributed by atoms with Gasteiger partial charge in [0, 0.05) is 4.88 Å². The molecule has 0 saturated carbocycles. The average molecular weight is 411 g/mol. The fraction of sp³-hybridized carbons (Fsp3) is 0.316. The summed E-state index contributed by atoms with van der Waals surface area (Å²) in [7, 11) is 0. The van der Waals surface area contributed by atoms with Crippen molar-refractivity contribution in [1.82, 2.24) is 30.4 Å². The van der Waals surface area contributed by atoms with Gasteiger partial charge >= 0.3 is 0 Å². The Hall–Kier alpha value is -2.52. The van der Waals surface area contributed by atoms with E-state index >= 15 is 0 Å². The van der Waals surface area contributed by atoms with Gasteiger partial charge in [-0.15, -0.1) is 26.6 Å². The van der Waals surface area contributed by atoms with Gasteiger partial charge in [0.1, 0.15) is 0 Å². The highest BCUT2D eigenvalue weighted by Gasteiger charge is 2.18. The number of rotatable bonds is 6.